The predicted molar refractivity (Wildman–Crippen MR) is 95.0 cm³/mol. The topological polar surface area (TPSA) is 55.1 Å². The molecule has 0 bridgehead atoms. The average Bonchev–Trinajstić information content (AvgIpc) is 2.47. The number of carbonyl (C=O) groups excluding carboxylic acids is 1. The van der Waals surface area contributed by atoms with Gasteiger partial charge in [-0.2, -0.15) is 0 Å². The third-order valence-corrected chi connectivity index (χ3v) is 4.78. The van der Waals surface area contributed by atoms with E-state index in [1.165, 1.54) is 12.8 Å². The lowest BCUT2D eigenvalue weighted by Crippen LogP contribution is -2.44. The van der Waals surface area contributed by atoms with Crippen molar-refractivity contribution in [3.05, 3.63) is 33.8 Å². The molecule has 22 heavy (non-hydrogen) atoms. The van der Waals surface area contributed by atoms with Crippen LogP contribution < -0.4 is 11.1 Å². The van der Waals surface area contributed by atoms with Crippen LogP contribution in [0.4, 0.5) is 0 Å². The molecule has 2 rings (SSSR count). The summed E-state index contributed by atoms with van der Waals surface area (Å²) in [6.07, 6.45) is 5.61. The van der Waals surface area contributed by atoms with Crippen molar-refractivity contribution < 1.29 is 4.79 Å². The standard InChI is InChI=1S/C16H22Cl2N2O.ClH/c17-13-7-5-11(14(18)9-13)6-8-16(21)20-15-4-2-1-3-12(15)10-19;/h5,7,9,12,15H,1-4,6,8,10,19H2,(H,20,21);1H. The Bertz CT molecular complexity index is 496. The Morgan fingerprint density at radius 2 is 2.00 bits per heavy atom. The fraction of sp³-hybridized carbons (Fsp3) is 0.562. The first-order valence-corrected chi connectivity index (χ1v) is 8.29. The summed E-state index contributed by atoms with van der Waals surface area (Å²) >= 11 is 12.0. The molecular formula is C16H23Cl3N2O. The summed E-state index contributed by atoms with van der Waals surface area (Å²) in [4.78, 5) is 12.1. The summed E-state index contributed by atoms with van der Waals surface area (Å²) in [6.45, 7) is 0.647. The number of hydrogen-bond acceptors (Lipinski definition) is 2. The van der Waals surface area contributed by atoms with Crippen molar-refractivity contribution in [2.45, 2.75) is 44.6 Å². The summed E-state index contributed by atoms with van der Waals surface area (Å²) in [5, 5.41) is 4.36. The van der Waals surface area contributed by atoms with Gasteiger partial charge in [-0.3, -0.25) is 4.79 Å². The van der Waals surface area contributed by atoms with E-state index >= 15 is 0 Å². The van der Waals surface area contributed by atoms with Gasteiger partial charge < -0.3 is 11.1 Å². The van der Waals surface area contributed by atoms with Crippen molar-refractivity contribution in [2.24, 2.45) is 11.7 Å². The summed E-state index contributed by atoms with van der Waals surface area (Å²) in [5.74, 6) is 0.494. The van der Waals surface area contributed by atoms with E-state index < -0.39 is 0 Å². The van der Waals surface area contributed by atoms with Crippen molar-refractivity contribution in [2.75, 3.05) is 6.54 Å². The van der Waals surface area contributed by atoms with Gasteiger partial charge in [0.05, 0.1) is 0 Å². The number of benzene rings is 1. The van der Waals surface area contributed by atoms with Crippen LogP contribution in [-0.4, -0.2) is 18.5 Å². The first-order chi connectivity index (χ1) is 10.1. The number of hydrogen-bond donors (Lipinski definition) is 2. The Hall–Kier alpha value is -0.480. The molecule has 1 amide bonds. The van der Waals surface area contributed by atoms with Crippen molar-refractivity contribution in [1.29, 1.82) is 0 Å². The number of nitrogens with two attached hydrogens (primary N) is 1. The van der Waals surface area contributed by atoms with E-state index in [9.17, 15) is 4.79 Å². The minimum Gasteiger partial charge on any atom is -0.353 e. The first kappa shape index (κ1) is 19.6. The van der Waals surface area contributed by atoms with Gasteiger partial charge in [0.2, 0.25) is 5.91 Å². The molecule has 0 aliphatic heterocycles. The molecule has 1 aromatic carbocycles. The highest BCUT2D eigenvalue weighted by Gasteiger charge is 2.25. The minimum atomic E-state index is 0. The van der Waals surface area contributed by atoms with E-state index in [1.54, 1.807) is 12.1 Å². The molecule has 1 aromatic rings. The highest BCUT2D eigenvalue weighted by molar-refractivity contribution is 6.35. The Kier molecular flexibility index (Phi) is 8.55. The lowest BCUT2D eigenvalue weighted by molar-refractivity contribution is -0.122. The third-order valence-electron chi connectivity index (χ3n) is 4.19. The van der Waals surface area contributed by atoms with Crippen LogP contribution in [0.15, 0.2) is 18.2 Å². The molecule has 1 saturated carbocycles. The monoisotopic (exact) mass is 364 g/mol. The van der Waals surface area contributed by atoms with Crippen LogP contribution in [-0.2, 0) is 11.2 Å². The van der Waals surface area contributed by atoms with Gasteiger partial charge in [-0.05, 0) is 49.4 Å². The number of amides is 1. The number of nitrogens with one attached hydrogen (secondary N) is 1. The Morgan fingerprint density at radius 1 is 1.27 bits per heavy atom. The maximum absolute atomic E-state index is 12.1. The smallest absolute Gasteiger partial charge is 0.220 e. The SMILES string of the molecule is Cl.NCC1CCCCC1NC(=O)CCc1ccc(Cl)cc1Cl. The molecule has 0 heterocycles. The fourth-order valence-corrected chi connectivity index (χ4v) is 3.43. The van der Waals surface area contributed by atoms with Gasteiger partial charge in [-0.15, -0.1) is 12.4 Å². The maximum atomic E-state index is 12.1. The summed E-state index contributed by atoms with van der Waals surface area (Å²) in [5.41, 5.74) is 6.74. The Labute approximate surface area is 148 Å². The van der Waals surface area contributed by atoms with Crippen LogP contribution in [0.25, 0.3) is 0 Å². The quantitative estimate of drug-likeness (QED) is 0.829. The van der Waals surface area contributed by atoms with Gasteiger partial charge >= 0.3 is 0 Å². The van der Waals surface area contributed by atoms with E-state index in [2.05, 4.69) is 5.32 Å². The van der Waals surface area contributed by atoms with Crippen molar-refractivity contribution >= 4 is 41.5 Å². The van der Waals surface area contributed by atoms with Gasteiger partial charge in [0.1, 0.15) is 0 Å². The molecule has 1 aliphatic rings. The van der Waals surface area contributed by atoms with Crippen LogP contribution in [0.3, 0.4) is 0 Å². The zero-order chi connectivity index (χ0) is 15.2. The van der Waals surface area contributed by atoms with Crippen LogP contribution in [0.2, 0.25) is 10.0 Å². The van der Waals surface area contributed by atoms with Gasteiger partial charge in [0.25, 0.3) is 0 Å². The lowest BCUT2D eigenvalue weighted by atomic mass is 9.84. The number of halogens is 3. The predicted octanol–water partition coefficient (Wildman–Crippen LogP) is 3.98. The third kappa shape index (κ3) is 5.62. The molecule has 6 heteroatoms. The van der Waals surface area contributed by atoms with E-state index in [0.717, 1.165) is 18.4 Å². The molecule has 0 saturated heterocycles. The van der Waals surface area contributed by atoms with E-state index in [-0.39, 0.29) is 24.4 Å². The summed E-state index contributed by atoms with van der Waals surface area (Å²) in [6, 6.07) is 5.62. The average molecular weight is 366 g/mol. The molecule has 2 atom stereocenters. The van der Waals surface area contributed by atoms with E-state index in [4.69, 9.17) is 28.9 Å². The highest BCUT2D eigenvalue weighted by Crippen LogP contribution is 2.24. The summed E-state index contributed by atoms with van der Waals surface area (Å²) in [7, 11) is 0. The number of rotatable bonds is 5. The maximum Gasteiger partial charge on any atom is 0.220 e. The number of aryl methyl sites for hydroxylation is 1. The zero-order valence-corrected chi connectivity index (χ0v) is 14.8. The van der Waals surface area contributed by atoms with Crippen LogP contribution in [0.1, 0.15) is 37.7 Å². The van der Waals surface area contributed by atoms with Gasteiger partial charge in [0, 0.05) is 22.5 Å². The second kappa shape index (κ2) is 9.61. The molecule has 1 aliphatic carbocycles. The molecule has 1 fully saturated rings. The second-order valence-electron chi connectivity index (χ2n) is 5.69. The van der Waals surface area contributed by atoms with E-state index in [0.29, 0.717) is 35.3 Å². The van der Waals surface area contributed by atoms with Gasteiger partial charge in [-0.25, -0.2) is 0 Å². The molecule has 0 aromatic heterocycles. The Balaban J connectivity index is 0.00000242. The highest BCUT2D eigenvalue weighted by atomic mass is 35.5. The zero-order valence-electron chi connectivity index (χ0n) is 12.5. The van der Waals surface area contributed by atoms with Crippen molar-refractivity contribution in [3.8, 4) is 0 Å². The molecule has 2 unspecified atom stereocenters. The summed E-state index contributed by atoms with van der Waals surface area (Å²) < 4.78 is 0. The minimum absolute atomic E-state index is 0. The number of carbonyl (C=O) groups is 1. The molecule has 3 nitrogen and oxygen atoms in total. The van der Waals surface area contributed by atoms with Crippen molar-refractivity contribution in [3.63, 3.8) is 0 Å². The molecular weight excluding hydrogens is 343 g/mol. The van der Waals surface area contributed by atoms with Gasteiger partial charge in [0.15, 0.2) is 0 Å². The van der Waals surface area contributed by atoms with Crippen LogP contribution in [0.5, 0.6) is 0 Å². The molecule has 0 radical (unpaired) electrons. The molecule has 0 spiro atoms. The van der Waals surface area contributed by atoms with Crippen molar-refractivity contribution in [1.82, 2.24) is 5.32 Å². The Morgan fingerprint density at radius 3 is 2.68 bits per heavy atom. The van der Waals surface area contributed by atoms with Gasteiger partial charge in [-0.1, -0.05) is 42.1 Å². The normalized spacial score (nSPS) is 21.0. The second-order valence-corrected chi connectivity index (χ2v) is 6.53. The molecule has 3 N–H and O–H groups in total. The van der Waals surface area contributed by atoms with E-state index in [1.807, 2.05) is 6.07 Å². The first-order valence-electron chi connectivity index (χ1n) is 7.53. The largest absolute Gasteiger partial charge is 0.353 e. The van der Waals surface area contributed by atoms with Crippen LogP contribution in [0, 0.1) is 5.92 Å². The lowest BCUT2D eigenvalue weighted by Gasteiger charge is -2.31. The van der Waals surface area contributed by atoms with Crippen LogP contribution >= 0.6 is 35.6 Å². The molecule has 124 valence electrons. The fourth-order valence-electron chi connectivity index (χ4n) is 2.93.